The zero-order valence-corrected chi connectivity index (χ0v) is 15.6. The molecule has 0 spiro atoms. The van der Waals surface area contributed by atoms with Crippen molar-refractivity contribution < 1.29 is 0 Å². The summed E-state index contributed by atoms with van der Waals surface area (Å²) in [6.07, 6.45) is 1.88. The van der Waals surface area contributed by atoms with Crippen LogP contribution in [-0.4, -0.2) is 36.1 Å². The maximum Gasteiger partial charge on any atom is 0.0572 e. The van der Waals surface area contributed by atoms with E-state index in [1.54, 1.807) is 0 Å². The fraction of sp³-hybridized carbons (Fsp3) is 0.353. The van der Waals surface area contributed by atoms with Gasteiger partial charge in [-0.2, -0.15) is 0 Å². The van der Waals surface area contributed by atoms with Gasteiger partial charge in [0.25, 0.3) is 0 Å². The van der Waals surface area contributed by atoms with Gasteiger partial charge in [0.1, 0.15) is 0 Å². The second-order valence-electron chi connectivity index (χ2n) is 5.29. The number of para-hydroxylation sites is 1. The van der Waals surface area contributed by atoms with Crippen LogP contribution in [0.1, 0.15) is 18.7 Å². The topological polar surface area (TPSA) is 19.4 Å². The standard InChI is InChI=1S/C17H21N3.3ClH/c1-15(17-9-5-6-10-18-17)19-11-13-20(14-12-19)16-7-3-2-4-8-16;;;/h2-10,15H,11-14H2,1H3;3*1H. The lowest BCUT2D eigenvalue weighted by Gasteiger charge is -2.38. The number of nitrogens with zero attached hydrogens (tertiary/aromatic N) is 3. The van der Waals surface area contributed by atoms with Crippen molar-refractivity contribution in [2.45, 2.75) is 13.0 Å². The Kier molecular flexibility index (Phi) is 10.2. The molecule has 1 aromatic heterocycles. The van der Waals surface area contributed by atoms with Crippen molar-refractivity contribution in [3.63, 3.8) is 0 Å². The monoisotopic (exact) mass is 375 g/mol. The largest absolute Gasteiger partial charge is 0.369 e. The molecule has 128 valence electrons. The van der Waals surface area contributed by atoms with Gasteiger partial charge < -0.3 is 4.90 Å². The summed E-state index contributed by atoms with van der Waals surface area (Å²) in [7, 11) is 0. The van der Waals surface area contributed by atoms with E-state index in [-0.39, 0.29) is 37.2 Å². The van der Waals surface area contributed by atoms with E-state index >= 15 is 0 Å². The highest BCUT2D eigenvalue weighted by Gasteiger charge is 2.22. The van der Waals surface area contributed by atoms with E-state index in [0.29, 0.717) is 6.04 Å². The second kappa shape index (κ2) is 10.7. The first-order valence-electron chi connectivity index (χ1n) is 7.29. The maximum atomic E-state index is 4.48. The summed E-state index contributed by atoms with van der Waals surface area (Å²) in [5, 5.41) is 0. The van der Waals surface area contributed by atoms with Crippen molar-refractivity contribution in [3.05, 3.63) is 60.4 Å². The third kappa shape index (κ3) is 5.54. The van der Waals surface area contributed by atoms with Crippen molar-refractivity contribution in [2.24, 2.45) is 0 Å². The van der Waals surface area contributed by atoms with Crippen molar-refractivity contribution in [1.82, 2.24) is 9.88 Å². The minimum atomic E-state index is 0. The number of benzene rings is 1. The Bertz CT molecular complexity index is 531. The van der Waals surface area contributed by atoms with Gasteiger partial charge in [0.15, 0.2) is 0 Å². The quantitative estimate of drug-likeness (QED) is 0.799. The number of hydrogen-bond donors (Lipinski definition) is 0. The first kappa shape index (κ1) is 22.0. The summed E-state index contributed by atoms with van der Waals surface area (Å²) in [4.78, 5) is 9.45. The van der Waals surface area contributed by atoms with Crippen molar-refractivity contribution in [2.75, 3.05) is 31.1 Å². The van der Waals surface area contributed by atoms with Crippen LogP contribution in [0.5, 0.6) is 0 Å². The summed E-state index contributed by atoms with van der Waals surface area (Å²) in [5.41, 5.74) is 2.50. The molecule has 2 heterocycles. The summed E-state index contributed by atoms with van der Waals surface area (Å²) in [6, 6.07) is 17.2. The molecule has 0 N–H and O–H groups in total. The molecule has 1 saturated heterocycles. The fourth-order valence-electron chi connectivity index (χ4n) is 2.82. The Morgan fingerprint density at radius 3 is 2.00 bits per heavy atom. The Morgan fingerprint density at radius 2 is 1.43 bits per heavy atom. The highest BCUT2D eigenvalue weighted by atomic mass is 35.5. The number of rotatable bonds is 3. The van der Waals surface area contributed by atoms with Crippen LogP contribution in [0.2, 0.25) is 0 Å². The van der Waals surface area contributed by atoms with Crippen LogP contribution in [0.25, 0.3) is 0 Å². The Morgan fingerprint density at radius 1 is 0.826 bits per heavy atom. The lowest BCUT2D eigenvalue weighted by Crippen LogP contribution is -2.47. The molecular weight excluding hydrogens is 353 g/mol. The Labute approximate surface area is 157 Å². The summed E-state index contributed by atoms with van der Waals surface area (Å²) < 4.78 is 0. The molecule has 1 aromatic carbocycles. The van der Waals surface area contributed by atoms with Gasteiger partial charge in [0.05, 0.1) is 5.69 Å². The molecule has 1 aliphatic heterocycles. The normalized spacial score (nSPS) is 15.6. The molecule has 0 amide bonds. The van der Waals surface area contributed by atoms with Crippen LogP contribution in [0.4, 0.5) is 5.69 Å². The van der Waals surface area contributed by atoms with Gasteiger partial charge in [-0.3, -0.25) is 9.88 Å². The van der Waals surface area contributed by atoms with Crippen molar-refractivity contribution in [1.29, 1.82) is 0 Å². The van der Waals surface area contributed by atoms with E-state index in [9.17, 15) is 0 Å². The number of pyridine rings is 1. The van der Waals surface area contributed by atoms with Gasteiger partial charge in [0.2, 0.25) is 0 Å². The molecule has 1 unspecified atom stereocenters. The van der Waals surface area contributed by atoms with E-state index in [1.807, 2.05) is 12.3 Å². The lowest BCUT2D eigenvalue weighted by atomic mass is 10.1. The molecule has 3 rings (SSSR count). The van der Waals surface area contributed by atoms with Crippen LogP contribution in [0, 0.1) is 0 Å². The van der Waals surface area contributed by atoms with E-state index in [1.165, 1.54) is 11.4 Å². The average Bonchev–Trinajstić information content (AvgIpc) is 2.56. The Balaban J connectivity index is 0.00000161. The molecule has 23 heavy (non-hydrogen) atoms. The van der Waals surface area contributed by atoms with E-state index in [2.05, 4.69) is 64.2 Å². The fourth-order valence-corrected chi connectivity index (χ4v) is 2.82. The van der Waals surface area contributed by atoms with Gasteiger partial charge in [-0.15, -0.1) is 37.2 Å². The summed E-state index contributed by atoms with van der Waals surface area (Å²) in [5.74, 6) is 0. The van der Waals surface area contributed by atoms with E-state index in [4.69, 9.17) is 0 Å². The minimum Gasteiger partial charge on any atom is -0.369 e. The molecule has 0 saturated carbocycles. The molecular formula is C17H24Cl3N3. The van der Waals surface area contributed by atoms with E-state index < -0.39 is 0 Å². The molecule has 1 aliphatic rings. The zero-order valence-electron chi connectivity index (χ0n) is 13.2. The number of anilines is 1. The van der Waals surface area contributed by atoms with Crippen LogP contribution in [0.15, 0.2) is 54.7 Å². The van der Waals surface area contributed by atoms with Gasteiger partial charge in [-0.05, 0) is 31.2 Å². The average molecular weight is 377 g/mol. The van der Waals surface area contributed by atoms with Crippen LogP contribution < -0.4 is 4.90 Å². The molecule has 1 fully saturated rings. The van der Waals surface area contributed by atoms with Gasteiger partial charge >= 0.3 is 0 Å². The van der Waals surface area contributed by atoms with Gasteiger partial charge in [-0.25, -0.2) is 0 Å². The molecule has 1 atom stereocenters. The highest BCUT2D eigenvalue weighted by Crippen LogP contribution is 2.22. The SMILES string of the molecule is CC(c1ccccn1)N1CCN(c2ccccc2)CC1.Cl.Cl.Cl. The molecule has 0 aliphatic carbocycles. The third-order valence-electron chi connectivity index (χ3n) is 4.10. The highest BCUT2D eigenvalue weighted by molar-refractivity contribution is 5.86. The van der Waals surface area contributed by atoms with Gasteiger partial charge in [-0.1, -0.05) is 24.3 Å². The maximum absolute atomic E-state index is 4.48. The number of hydrogen-bond acceptors (Lipinski definition) is 3. The molecule has 3 nitrogen and oxygen atoms in total. The smallest absolute Gasteiger partial charge is 0.0572 e. The Hall–Kier alpha value is -1.000. The molecule has 0 radical (unpaired) electrons. The van der Waals surface area contributed by atoms with Crippen LogP contribution in [-0.2, 0) is 0 Å². The van der Waals surface area contributed by atoms with Crippen LogP contribution >= 0.6 is 37.2 Å². The zero-order chi connectivity index (χ0) is 13.8. The number of aromatic nitrogens is 1. The number of halogens is 3. The lowest BCUT2D eigenvalue weighted by molar-refractivity contribution is 0.195. The predicted molar refractivity (Wildman–Crippen MR) is 105 cm³/mol. The first-order chi connectivity index (χ1) is 9.84. The summed E-state index contributed by atoms with van der Waals surface area (Å²) in [6.45, 7) is 6.60. The van der Waals surface area contributed by atoms with Gasteiger partial charge in [0, 0.05) is 44.1 Å². The van der Waals surface area contributed by atoms with Crippen molar-refractivity contribution >= 4 is 42.9 Å². The molecule has 6 heteroatoms. The third-order valence-corrected chi connectivity index (χ3v) is 4.10. The molecule has 2 aromatic rings. The van der Waals surface area contributed by atoms with E-state index in [0.717, 1.165) is 26.2 Å². The van der Waals surface area contributed by atoms with Crippen molar-refractivity contribution in [3.8, 4) is 0 Å². The minimum absolute atomic E-state index is 0. The second-order valence-corrected chi connectivity index (χ2v) is 5.29. The number of piperazine rings is 1. The summed E-state index contributed by atoms with van der Waals surface area (Å²) >= 11 is 0. The predicted octanol–water partition coefficient (Wildman–Crippen LogP) is 4.23. The first-order valence-corrected chi connectivity index (χ1v) is 7.29. The van der Waals surface area contributed by atoms with Crippen LogP contribution in [0.3, 0.4) is 0 Å². The molecule has 0 bridgehead atoms.